The van der Waals surface area contributed by atoms with Crippen molar-refractivity contribution < 1.29 is 19.1 Å². The molecule has 0 radical (unpaired) electrons. The maximum atomic E-state index is 12.3. The lowest BCUT2D eigenvalue weighted by Crippen LogP contribution is -2.51. The molecule has 4 amide bonds. The molecular weight excluding hydrogens is 404 g/mol. The van der Waals surface area contributed by atoms with E-state index in [0.717, 1.165) is 40.7 Å². The van der Waals surface area contributed by atoms with Gasteiger partial charge in [0.05, 0.1) is 0 Å². The fourth-order valence-electron chi connectivity index (χ4n) is 4.16. The average molecular weight is 424 g/mol. The fraction of sp³-hybridized carbons (Fsp3) is 0.115. The Labute approximate surface area is 185 Å². The van der Waals surface area contributed by atoms with Gasteiger partial charge < -0.3 is 4.74 Å². The van der Waals surface area contributed by atoms with E-state index in [0.29, 0.717) is 17.9 Å². The number of benzene rings is 2. The third-order valence-corrected chi connectivity index (χ3v) is 5.66. The van der Waals surface area contributed by atoms with Crippen molar-refractivity contribution >= 4 is 29.2 Å². The summed E-state index contributed by atoms with van der Waals surface area (Å²) in [6.07, 6.45) is 5.93. The summed E-state index contributed by atoms with van der Waals surface area (Å²) in [5, 5.41) is 4.25. The molecule has 5 rings (SSSR count). The first-order valence-corrected chi connectivity index (χ1v) is 10.5. The van der Waals surface area contributed by atoms with Crippen LogP contribution in [0, 0.1) is 0 Å². The molecule has 1 fully saturated rings. The van der Waals surface area contributed by atoms with E-state index in [-0.39, 0.29) is 5.57 Å². The Kier molecular flexibility index (Phi) is 5.03. The molecule has 0 atom stereocenters. The lowest BCUT2D eigenvalue weighted by molar-refractivity contribution is -0.124. The van der Waals surface area contributed by atoms with Gasteiger partial charge in [-0.15, -0.1) is 0 Å². The van der Waals surface area contributed by atoms with E-state index in [1.54, 1.807) is 6.08 Å². The normalized spacial score (nSPS) is 18.4. The topological polar surface area (TPSA) is 84.5 Å². The van der Waals surface area contributed by atoms with Crippen molar-refractivity contribution in [3.63, 3.8) is 0 Å². The van der Waals surface area contributed by atoms with E-state index < -0.39 is 17.8 Å². The number of barbiturate groups is 1. The van der Waals surface area contributed by atoms with Gasteiger partial charge in [-0.2, -0.15) is 0 Å². The van der Waals surface area contributed by atoms with Crippen molar-refractivity contribution in [2.75, 3.05) is 0 Å². The van der Waals surface area contributed by atoms with Crippen LogP contribution in [0.15, 0.2) is 95.3 Å². The van der Waals surface area contributed by atoms with E-state index in [1.807, 2.05) is 48.5 Å². The number of imide groups is 2. The van der Waals surface area contributed by atoms with Gasteiger partial charge in [0.15, 0.2) is 0 Å². The second-order valence-electron chi connectivity index (χ2n) is 7.74. The highest BCUT2D eigenvalue weighted by atomic mass is 16.5. The van der Waals surface area contributed by atoms with E-state index in [9.17, 15) is 14.4 Å². The highest BCUT2D eigenvalue weighted by Gasteiger charge is 2.31. The van der Waals surface area contributed by atoms with Crippen LogP contribution in [0.3, 0.4) is 0 Å². The highest BCUT2D eigenvalue weighted by molar-refractivity contribution is 6.29. The number of fused-ring (bicyclic) bond motifs is 1. The number of ether oxygens (including phenoxy) is 1. The van der Waals surface area contributed by atoms with Crippen LogP contribution >= 0.6 is 0 Å². The minimum atomic E-state index is -0.811. The van der Waals surface area contributed by atoms with Crippen LogP contribution in [0.2, 0.25) is 0 Å². The van der Waals surface area contributed by atoms with Crippen LogP contribution in [-0.4, -0.2) is 17.8 Å². The fourth-order valence-corrected chi connectivity index (χ4v) is 4.16. The predicted octanol–water partition coefficient (Wildman–Crippen LogP) is 4.24. The Hall–Kier alpha value is -4.19. The van der Waals surface area contributed by atoms with E-state index in [2.05, 4.69) is 28.8 Å². The molecule has 1 aliphatic carbocycles. The van der Waals surface area contributed by atoms with Crippen molar-refractivity contribution in [3.8, 4) is 0 Å². The molecule has 2 aromatic rings. The van der Waals surface area contributed by atoms with Crippen molar-refractivity contribution in [2.45, 2.75) is 19.3 Å². The van der Waals surface area contributed by atoms with Crippen molar-refractivity contribution in [2.24, 2.45) is 0 Å². The summed E-state index contributed by atoms with van der Waals surface area (Å²) in [4.78, 5) is 36.0. The molecule has 0 spiro atoms. The van der Waals surface area contributed by atoms with E-state index in [4.69, 9.17) is 4.74 Å². The van der Waals surface area contributed by atoms with Gasteiger partial charge in [0, 0.05) is 11.1 Å². The lowest BCUT2D eigenvalue weighted by Gasteiger charge is -2.29. The van der Waals surface area contributed by atoms with Crippen LogP contribution in [0.5, 0.6) is 0 Å². The Morgan fingerprint density at radius 2 is 1.41 bits per heavy atom. The number of allylic oxidation sites excluding steroid dienone is 5. The summed E-state index contributed by atoms with van der Waals surface area (Å²) >= 11 is 0. The van der Waals surface area contributed by atoms with Gasteiger partial charge in [0.2, 0.25) is 0 Å². The average Bonchev–Trinajstić information content (AvgIpc) is 2.82. The zero-order valence-corrected chi connectivity index (χ0v) is 17.2. The van der Waals surface area contributed by atoms with Gasteiger partial charge in [0.1, 0.15) is 17.1 Å². The van der Waals surface area contributed by atoms with Crippen molar-refractivity contribution in [1.29, 1.82) is 0 Å². The molecule has 3 aliphatic rings. The Morgan fingerprint density at radius 3 is 2.06 bits per heavy atom. The summed E-state index contributed by atoms with van der Waals surface area (Å²) in [7, 11) is 0. The molecule has 6 nitrogen and oxygen atoms in total. The molecule has 1 saturated heterocycles. The number of amides is 4. The highest BCUT2D eigenvalue weighted by Crippen LogP contribution is 2.43. The number of rotatable bonds is 3. The minimum Gasteiger partial charge on any atom is -0.456 e. The molecule has 0 unspecified atom stereocenters. The van der Waals surface area contributed by atoms with Gasteiger partial charge in [-0.3, -0.25) is 20.2 Å². The van der Waals surface area contributed by atoms with E-state index >= 15 is 0 Å². The smallest absolute Gasteiger partial charge is 0.328 e. The van der Waals surface area contributed by atoms with Crippen LogP contribution in [-0.2, 0) is 14.3 Å². The second kappa shape index (κ2) is 8.15. The van der Waals surface area contributed by atoms with Gasteiger partial charge in [-0.25, -0.2) is 4.79 Å². The molecule has 2 N–H and O–H groups in total. The first-order valence-electron chi connectivity index (χ1n) is 10.5. The van der Waals surface area contributed by atoms with Crippen LogP contribution in [0.1, 0.15) is 30.4 Å². The summed E-state index contributed by atoms with van der Waals surface area (Å²) in [6, 6.07) is 19.1. The standard InChI is InChI=1S/C26H20N2O4/c29-24-21(25(30)28-26(31)27-24)14-18-12-7-13-19-20(16-8-3-1-4-9-16)15-22(32-23(18)19)17-10-5-2-6-11-17/h1-6,8-11,14-15H,7,12-13H2,(H2,27,28,29,30,31). The maximum Gasteiger partial charge on any atom is 0.328 e. The molecule has 0 saturated carbocycles. The van der Waals surface area contributed by atoms with Crippen LogP contribution in [0.4, 0.5) is 4.79 Å². The molecule has 2 heterocycles. The molecule has 0 bridgehead atoms. The molecule has 2 aliphatic heterocycles. The number of hydrogen-bond acceptors (Lipinski definition) is 4. The number of carbonyl (C=O) groups is 3. The Bertz CT molecular complexity index is 1230. The molecular formula is C26H20N2O4. The summed E-state index contributed by atoms with van der Waals surface area (Å²) < 4.78 is 6.38. The molecule has 0 aromatic heterocycles. The van der Waals surface area contributed by atoms with Crippen molar-refractivity contribution in [3.05, 3.63) is 106 Å². The minimum absolute atomic E-state index is 0.103. The summed E-state index contributed by atoms with van der Waals surface area (Å²) in [6.45, 7) is 0. The molecule has 6 heteroatoms. The van der Waals surface area contributed by atoms with Crippen molar-refractivity contribution in [1.82, 2.24) is 10.6 Å². The van der Waals surface area contributed by atoms with E-state index in [1.165, 1.54) is 0 Å². The lowest BCUT2D eigenvalue weighted by atomic mass is 9.85. The largest absolute Gasteiger partial charge is 0.456 e. The maximum absolute atomic E-state index is 12.3. The zero-order valence-electron chi connectivity index (χ0n) is 17.2. The number of hydrogen-bond donors (Lipinski definition) is 2. The van der Waals surface area contributed by atoms with Gasteiger partial charge >= 0.3 is 6.03 Å². The molecule has 32 heavy (non-hydrogen) atoms. The summed E-state index contributed by atoms with van der Waals surface area (Å²) in [5.41, 5.74) is 4.77. The number of urea groups is 1. The Morgan fingerprint density at radius 1 is 0.781 bits per heavy atom. The second-order valence-corrected chi connectivity index (χ2v) is 7.74. The Balaban J connectivity index is 1.68. The van der Waals surface area contributed by atoms with Gasteiger partial charge in [-0.1, -0.05) is 60.7 Å². The van der Waals surface area contributed by atoms with Gasteiger partial charge in [-0.05, 0) is 48.1 Å². The first-order chi connectivity index (χ1) is 15.6. The van der Waals surface area contributed by atoms with Gasteiger partial charge in [0.25, 0.3) is 11.8 Å². The quantitative estimate of drug-likeness (QED) is 0.570. The SMILES string of the molecule is O=C1NC(=O)C(=CC2=C3OC(c4ccccc4)=CC(c4ccccc4)=C3CCC2)C(=O)N1. The number of nitrogens with one attached hydrogen (secondary N) is 2. The third kappa shape index (κ3) is 3.67. The first kappa shape index (κ1) is 19.8. The monoisotopic (exact) mass is 424 g/mol. The third-order valence-electron chi connectivity index (χ3n) is 5.66. The zero-order chi connectivity index (χ0) is 22.1. The summed E-state index contributed by atoms with van der Waals surface area (Å²) in [5.74, 6) is -0.0445. The number of carbonyl (C=O) groups excluding carboxylic acids is 3. The van der Waals surface area contributed by atoms with Crippen LogP contribution in [0.25, 0.3) is 11.3 Å². The van der Waals surface area contributed by atoms with Crippen LogP contribution < -0.4 is 10.6 Å². The molecule has 2 aromatic carbocycles. The predicted molar refractivity (Wildman–Crippen MR) is 120 cm³/mol. The molecule has 158 valence electrons.